The minimum absolute atomic E-state index is 0.108. The molecule has 1 aliphatic rings. The summed E-state index contributed by atoms with van der Waals surface area (Å²) >= 11 is 0. The molecule has 1 unspecified atom stereocenters. The van der Waals surface area contributed by atoms with Gasteiger partial charge in [0.25, 0.3) is 5.91 Å². The maximum Gasteiger partial charge on any atom is 0.255 e. The molecular weight excluding hydrogens is 501 g/mol. The highest BCUT2D eigenvalue weighted by Gasteiger charge is 2.28. The van der Waals surface area contributed by atoms with E-state index in [9.17, 15) is 19.6 Å². The highest BCUT2D eigenvalue weighted by atomic mass is 19.1. The molecule has 1 amide bonds. The van der Waals surface area contributed by atoms with Gasteiger partial charge in [0.05, 0.1) is 58.3 Å². The lowest BCUT2D eigenvalue weighted by Crippen LogP contribution is -2.42. The third kappa shape index (κ3) is 5.76. The zero-order chi connectivity index (χ0) is 27.6. The van der Waals surface area contributed by atoms with Gasteiger partial charge in [0.2, 0.25) is 0 Å². The van der Waals surface area contributed by atoms with Crippen molar-refractivity contribution in [3.63, 3.8) is 0 Å². The lowest BCUT2D eigenvalue weighted by Gasteiger charge is -2.29. The zero-order valence-corrected chi connectivity index (χ0v) is 21.8. The fourth-order valence-corrected chi connectivity index (χ4v) is 4.85. The number of carbonyl (C=O) groups excluding carboxylic acids is 1. The van der Waals surface area contributed by atoms with E-state index in [1.807, 2.05) is 12.1 Å². The van der Waals surface area contributed by atoms with Crippen LogP contribution in [0.5, 0.6) is 0 Å². The summed E-state index contributed by atoms with van der Waals surface area (Å²) in [5, 5.41) is 29.6. The van der Waals surface area contributed by atoms with Crippen LogP contribution in [0.15, 0.2) is 53.7 Å². The molecule has 10 nitrogen and oxygen atoms in total. The van der Waals surface area contributed by atoms with Gasteiger partial charge in [0.1, 0.15) is 18.0 Å². The van der Waals surface area contributed by atoms with Crippen LogP contribution in [0.4, 0.5) is 10.1 Å². The number of aromatic nitrogens is 4. The van der Waals surface area contributed by atoms with Crippen LogP contribution in [0.2, 0.25) is 0 Å². The first kappa shape index (κ1) is 26.3. The summed E-state index contributed by atoms with van der Waals surface area (Å²) in [6.07, 6.45) is 8.08. The van der Waals surface area contributed by atoms with Crippen LogP contribution in [0.1, 0.15) is 67.1 Å². The molecule has 202 valence electrons. The predicted molar refractivity (Wildman–Crippen MR) is 142 cm³/mol. The fraction of sp³-hybridized carbons (Fsp3) is 0.393. The van der Waals surface area contributed by atoms with E-state index in [4.69, 9.17) is 4.42 Å². The van der Waals surface area contributed by atoms with Crippen LogP contribution in [0.25, 0.3) is 16.9 Å². The molecule has 5 rings (SSSR count). The van der Waals surface area contributed by atoms with Crippen molar-refractivity contribution in [2.24, 2.45) is 0 Å². The lowest BCUT2D eigenvalue weighted by molar-refractivity contribution is -0.00177. The van der Waals surface area contributed by atoms with Crippen molar-refractivity contribution in [1.29, 1.82) is 5.26 Å². The average molecular weight is 532 g/mol. The molecule has 0 bridgehead atoms. The third-order valence-corrected chi connectivity index (χ3v) is 7.19. The van der Waals surface area contributed by atoms with Crippen molar-refractivity contribution in [3.8, 4) is 17.5 Å². The molecule has 39 heavy (non-hydrogen) atoms. The molecule has 0 saturated heterocycles. The van der Waals surface area contributed by atoms with Gasteiger partial charge in [-0.3, -0.25) is 9.78 Å². The number of nitrogens with zero attached hydrogens (tertiary/aromatic N) is 5. The zero-order valence-electron chi connectivity index (χ0n) is 21.8. The van der Waals surface area contributed by atoms with Gasteiger partial charge in [-0.2, -0.15) is 10.4 Å². The Morgan fingerprint density at radius 3 is 2.74 bits per heavy atom. The highest BCUT2D eigenvalue weighted by Crippen LogP contribution is 2.35. The van der Waals surface area contributed by atoms with E-state index < -0.39 is 17.7 Å². The van der Waals surface area contributed by atoms with Crippen LogP contribution in [0, 0.1) is 11.3 Å². The molecule has 0 aliphatic heterocycles. The number of rotatable bonds is 8. The van der Waals surface area contributed by atoms with Crippen LogP contribution in [-0.2, 0) is 0 Å². The summed E-state index contributed by atoms with van der Waals surface area (Å²) in [5.41, 5.74) is 1.75. The van der Waals surface area contributed by atoms with Gasteiger partial charge < -0.3 is 20.2 Å². The number of nitrogens with one attached hydrogen (secondary N) is 2. The molecule has 1 atom stereocenters. The Hall–Kier alpha value is -4.30. The fourth-order valence-electron chi connectivity index (χ4n) is 4.85. The topological polar surface area (TPSA) is 141 Å². The smallest absolute Gasteiger partial charge is 0.255 e. The highest BCUT2D eigenvalue weighted by molar-refractivity contribution is 6.00. The van der Waals surface area contributed by atoms with Gasteiger partial charge in [-0.15, -0.1) is 0 Å². The molecule has 3 N–H and O–H groups in total. The second-order valence-electron chi connectivity index (χ2n) is 10.5. The van der Waals surface area contributed by atoms with Crippen molar-refractivity contribution in [3.05, 3.63) is 66.1 Å². The number of nitriles is 1. The monoisotopic (exact) mass is 531 g/mol. The Morgan fingerprint density at radius 1 is 1.26 bits per heavy atom. The summed E-state index contributed by atoms with van der Waals surface area (Å²) in [6, 6.07) is 9.43. The van der Waals surface area contributed by atoms with Gasteiger partial charge in [-0.1, -0.05) is 0 Å². The molecule has 4 aromatic heterocycles. The first-order valence-electron chi connectivity index (χ1n) is 12.9. The van der Waals surface area contributed by atoms with E-state index in [-0.39, 0.29) is 18.2 Å². The van der Waals surface area contributed by atoms with Crippen molar-refractivity contribution in [2.45, 2.75) is 63.3 Å². The van der Waals surface area contributed by atoms with Gasteiger partial charge in [-0.25, -0.2) is 13.9 Å². The van der Waals surface area contributed by atoms with Crippen molar-refractivity contribution in [2.75, 3.05) is 11.9 Å². The number of hydrogen-bond donors (Lipinski definition) is 3. The third-order valence-electron chi connectivity index (χ3n) is 7.19. The maximum absolute atomic E-state index is 14.3. The van der Waals surface area contributed by atoms with Crippen molar-refractivity contribution >= 4 is 17.1 Å². The number of amides is 1. The predicted octanol–water partition coefficient (Wildman–Crippen LogP) is 4.23. The van der Waals surface area contributed by atoms with Crippen LogP contribution < -0.4 is 10.6 Å². The number of alkyl halides is 1. The number of halogens is 1. The van der Waals surface area contributed by atoms with Crippen molar-refractivity contribution < 1.29 is 18.7 Å². The number of fused-ring (bicyclic) bond motifs is 1. The SMILES string of the molecule is CC(C)(O)C(F)CNC(=O)c1cnc(-c2ccc3cc(C#N)cnn23)cc1NC1CCC(c2cnco2)CC1. The first-order valence-corrected chi connectivity index (χ1v) is 12.9. The Morgan fingerprint density at radius 2 is 2.05 bits per heavy atom. The van der Waals surface area contributed by atoms with Crippen LogP contribution >= 0.6 is 0 Å². The lowest BCUT2D eigenvalue weighted by atomic mass is 9.84. The molecule has 4 heterocycles. The van der Waals surface area contributed by atoms with Gasteiger partial charge in [0, 0.05) is 18.2 Å². The standard InChI is InChI=1S/C28H30FN7O3/c1-28(2,38)26(29)15-33-27(37)21-13-32-23(24-8-7-20-9-17(11-30)12-34-36(20)24)10-22(21)35-19-5-3-18(4-6-19)25-14-31-16-39-25/h7-10,12-14,16,18-19,26,38H,3-6,15H2,1-2H3,(H,32,35)(H,33,37). The summed E-state index contributed by atoms with van der Waals surface area (Å²) in [6.45, 7) is 2.38. The molecule has 11 heteroatoms. The number of carbonyl (C=O) groups is 1. The van der Waals surface area contributed by atoms with E-state index in [0.717, 1.165) is 37.0 Å². The Kier molecular flexibility index (Phi) is 7.30. The second-order valence-corrected chi connectivity index (χ2v) is 10.5. The molecule has 1 saturated carbocycles. The Labute approximate surface area is 224 Å². The normalized spacial score (nSPS) is 18.4. The molecular formula is C28H30FN7O3. The molecule has 0 spiro atoms. The largest absolute Gasteiger partial charge is 0.448 e. The number of oxazole rings is 1. The first-order chi connectivity index (χ1) is 18.7. The molecule has 4 aromatic rings. The van der Waals surface area contributed by atoms with Gasteiger partial charge in [0.15, 0.2) is 6.39 Å². The summed E-state index contributed by atoms with van der Waals surface area (Å²) in [4.78, 5) is 21.7. The Balaban J connectivity index is 1.41. The minimum atomic E-state index is -1.63. The number of hydrogen-bond acceptors (Lipinski definition) is 8. The van der Waals surface area contributed by atoms with E-state index in [2.05, 4.69) is 31.8 Å². The second kappa shape index (κ2) is 10.8. The molecule has 1 aliphatic carbocycles. The van der Waals surface area contributed by atoms with E-state index in [0.29, 0.717) is 28.6 Å². The maximum atomic E-state index is 14.3. The van der Waals surface area contributed by atoms with E-state index >= 15 is 0 Å². The Bertz CT molecular complexity index is 1500. The summed E-state index contributed by atoms with van der Waals surface area (Å²) < 4.78 is 21.5. The minimum Gasteiger partial charge on any atom is -0.448 e. The van der Waals surface area contributed by atoms with Gasteiger partial charge >= 0.3 is 0 Å². The molecule has 0 radical (unpaired) electrons. The number of pyridine rings is 1. The molecule has 0 aromatic carbocycles. The number of anilines is 1. The molecule has 1 fully saturated rings. The number of aliphatic hydroxyl groups is 1. The summed E-state index contributed by atoms with van der Waals surface area (Å²) in [5.74, 6) is 0.705. The van der Waals surface area contributed by atoms with E-state index in [1.54, 1.807) is 22.8 Å². The quantitative estimate of drug-likeness (QED) is 0.307. The van der Waals surface area contributed by atoms with Crippen LogP contribution in [-0.4, -0.2) is 55.0 Å². The van der Waals surface area contributed by atoms with Crippen molar-refractivity contribution in [1.82, 2.24) is 24.9 Å². The van der Waals surface area contributed by atoms with Crippen LogP contribution in [0.3, 0.4) is 0 Å². The van der Waals surface area contributed by atoms with E-state index in [1.165, 1.54) is 32.6 Å². The average Bonchev–Trinajstić information content (AvgIpc) is 3.61. The van der Waals surface area contributed by atoms with Gasteiger partial charge in [-0.05, 0) is 63.8 Å². The summed E-state index contributed by atoms with van der Waals surface area (Å²) in [7, 11) is 0.